The van der Waals surface area contributed by atoms with E-state index in [4.69, 9.17) is 4.74 Å². The molecule has 29 heavy (non-hydrogen) atoms. The molecule has 0 spiro atoms. The lowest BCUT2D eigenvalue weighted by Crippen LogP contribution is -2.33. The molecule has 0 bridgehead atoms. The van der Waals surface area contributed by atoms with E-state index in [2.05, 4.69) is 10.3 Å². The summed E-state index contributed by atoms with van der Waals surface area (Å²) >= 11 is 1.35. The molecule has 2 aromatic carbocycles. The van der Waals surface area contributed by atoms with Gasteiger partial charge in [-0.1, -0.05) is 18.2 Å². The van der Waals surface area contributed by atoms with Crippen LogP contribution in [-0.2, 0) is 10.2 Å². The highest BCUT2D eigenvalue weighted by Gasteiger charge is 2.42. The Balaban J connectivity index is 1.60. The van der Waals surface area contributed by atoms with Gasteiger partial charge in [-0.3, -0.25) is 14.9 Å². The molecule has 0 unspecified atom stereocenters. The third-order valence-corrected chi connectivity index (χ3v) is 6.00. The minimum atomic E-state index is -0.572. The Morgan fingerprint density at radius 3 is 2.72 bits per heavy atom. The average molecular weight is 407 g/mol. The molecule has 0 fully saturated rings. The summed E-state index contributed by atoms with van der Waals surface area (Å²) in [5.74, 6) is 0.315. The van der Waals surface area contributed by atoms with Crippen molar-refractivity contribution in [3.63, 3.8) is 0 Å². The molecule has 3 aromatic rings. The number of ether oxygens (including phenoxy) is 1. The van der Waals surface area contributed by atoms with Gasteiger partial charge in [0.2, 0.25) is 5.91 Å². The van der Waals surface area contributed by atoms with Gasteiger partial charge in [0.15, 0.2) is 5.13 Å². The van der Waals surface area contributed by atoms with E-state index in [-0.39, 0.29) is 11.8 Å². The Kier molecular flexibility index (Phi) is 4.62. The topological polar surface area (TPSA) is 71.5 Å². The first-order valence-electron chi connectivity index (χ1n) is 9.16. The van der Waals surface area contributed by atoms with E-state index in [1.54, 1.807) is 30.1 Å². The van der Waals surface area contributed by atoms with Gasteiger partial charge in [0.25, 0.3) is 5.91 Å². The maximum absolute atomic E-state index is 12.6. The number of carbonyl (C=O) groups is 2. The summed E-state index contributed by atoms with van der Waals surface area (Å²) in [6.07, 6.45) is 0. The van der Waals surface area contributed by atoms with E-state index in [0.717, 1.165) is 22.5 Å². The van der Waals surface area contributed by atoms with E-state index in [9.17, 15) is 9.59 Å². The minimum absolute atomic E-state index is 0.0766. The quantitative estimate of drug-likeness (QED) is 0.699. The standard InChI is InChI=1S/C22H21N3O3S/c1-22(2)15-11-13(9-10-17(15)25(3)20(22)27)16-12-29-21(23-16)24-19(26)14-7-5-6-8-18(14)28-4/h5-12H,1-4H3,(H,23,24,26). The largest absolute Gasteiger partial charge is 0.496 e. The number of likely N-dealkylation sites (N-methyl/N-ethyl adjacent to an activating group) is 1. The van der Waals surface area contributed by atoms with Crippen molar-refractivity contribution in [1.82, 2.24) is 4.98 Å². The first-order chi connectivity index (χ1) is 13.8. The number of anilines is 2. The monoisotopic (exact) mass is 407 g/mol. The van der Waals surface area contributed by atoms with Crippen molar-refractivity contribution in [1.29, 1.82) is 0 Å². The van der Waals surface area contributed by atoms with Crippen molar-refractivity contribution in [3.05, 3.63) is 59.0 Å². The summed E-state index contributed by atoms with van der Waals surface area (Å²) in [5.41, 5.74) is 3.45. The number of benzene rings is 2. The van der Waals surface area contributed by atoms with E-state index >= 15 is 0 Å². The van der Waals surface area contributed by atoms with Crippen LogP contribution in [-0.4, -0.2) is 31.0 Å². The highest BCUT2D eigenvalue weighted by Crippen LogP contribution is 2.42. The van der Waals surface area contributed by atoms with E-state index in [0.29, 0.717) is 16.4 Å². The molecule has 7 heteroatoms. The second kappa shape index (κ2) is 7.00. The number of rotatable bonds is 4. The lowest BCUT2D eigenvalue weighted by molar-refractivity contribution is -0.121. The van der Waals surface area contributed by atoms with Crippen LogP contribution in [0.5, 0.6) is 5.75 Å². The molecule has 1 aliphatic heterocycles. The Bertz CT molecular complexity index is 1120. The number of hydrogen-bond donors (Lipinski definition) is 1. The smallest absolute Gasteiger partial charge is 0.261 e. The third kappa shape index (κ3) is 3.17. The summed E-state index contributed by atoms with van der Waals surface area (Å²) in [6.45, 7) is 3.86. The van der Waals surface area contributed by atoms with Gasteiger partial charge >= 0.3 is 0 Å². The first-order valence-corrected chi connectivity index (χ1v) is 10.0. The second-order valence-electron chi connectivity index (χ2n) is 7.41. The molecule has 148 valence electrons. The van der Waals surface area contributed by atoms with Gasteiger partial charge < -0.3 is 9.64 Å². The van der Waals surface area contributed by atoms with Crippen molar-refractivity contribution in [2.45, 2.75) is 19.3 Å². The second-order valence-corrected chi connectivity index (χ2v) is 8.27. The number of methoxy groups -OCH3 is 1. The zero-order valence-corrected chi connectivity index (χ0v) is 17.5. The normalized spacial score (nSPS) is 14.6. The maximum Gasteiger partial charge on any atom is 0.261 e. The third-order valence-electron chi connectivity index (χ3n) is 5.24. The number of nitrogens with one attached hydrogen (secondary N) is 1. The van der Waals surface area contributed by atoms with Crippen LogP contribution in [0.25, 0.3) is 11.3 Å². The van der Waals surface area contributed by atoms with Crippen molar-refractivity contribution < 1.29 is 14.3 Å². The lowest BCUT2D eigenvalue weighted by Gasteiger charge is -2.16. The molecular formula is C22H21N3O3S. The summed E-state index contributed by atoms with van der Waals surface area (Å²) in [7, 11) is 3.33. The molecule has 1 aliphatic rings. The first kappa shape index (κ1) is 19.1. The van der Waals surface area contributed by atoms with Crippen LogP contribution in [0, 0.1) is 0 Å². The highest BCUT2D eigenvalue weighted by atomic mass is 32.1. The van der Waals surface area contributed by atoms with E-state index in [1.165, 1.54) is 18.4 Å². The molecule has 0 atom stereocenters. The fourth-order valence-electron chi connectivity index (χ4n) is 3.59. The van der Waals surface area contributed by atoms with Gasteiger partial charge in [-0.25, -0.2) is 4.98 Å². The molecule has 2 amide bonds. The van der Waals surface area contributed by atoms with E-state index < -0.39 is 5.41 Å². The van der Waals surface area contributed by atoms with Gasteiger partial charge in [0.05, 0.1) is 23.8 Å². The van der Waals surface area contributed by atoms with Gasteiger partial charge in [-0.2, -0.15) is 0 Å². The molecule has 0 saturated heterocycles. The van der Waals surface area contributed by atoms with Crippen LogP contribution in [0.3, 0.4) is 0 Å². The molecule has 0 saturated carbocycles. The van der Waals surface area contributed by atoms with Gasteiger partial charge in [0.1, 0.15) is 5.75 Å². The van der Waals surface area contributed by atoms with Crippen LogP contribution < -0.4 is 15.0 Å². The average Bonchev–Trinajstić information content (AvgIpc) is 3.26. The predicted octanol–water partition coefficient (Wildman–Crippen LogP) is 4.33. The fourth-order valence-corrected chi connectivity index (χ4v) is 4.31. The number of para-hydroxylation sites is 1. The van der Waals surface area contributed by atoms with Crippen molar-refractivity contribution in [3.8, 4) is 17.0 Å². The van der Waals surface area contributed by atoms with Crippen LogP contribution in [0.1, 0.15) is 29.8 Å². The van der Waals surface area contributed by atoms with Crippen LogP contribution in [0.4, 0.5) is 10.8 Å². The number of carbonyl (C=O) groups excluding carboxylic acids is 2. The molecule has 2 heterocycles. The lowest BCUT2D eigenvalue weighted by atomic mass is 9.85. The Hall–Kier alpha value is -3.19. The van der Waals surface area contributed by atoms with Crippen molar-refractivity contribution >= 4 is 34.0 Å². The highest BCUT2D eigenvalue weighted by molar-refractivity contribution is 7.14. The number of amides is 2. The Labute approximate surface area is 173 Å². The molecule has 1 N–H and O–H groups in total. The van der Waals surface area contributed by atoms with Crippen molar-refractivity contribution in [2.75, 3.05) is 24.4 Å². The molecule has 0 radical (unpaired) electrons. The summed E-state index contributed by atoms with van der Waals surface area (Å²) < 4.78 is 5.25. The molecule has 4 rings (SSSR count). The molecule has 6 nitrogen and oxygen atoms in total. The number of aromatic nitrogens is 1. The molecule has 0 aliphatic carbocycles. The maximum atomic E-state index is 12.6. The minimum Gasteiger partial charge on any atom is -0.496 e. The number of nitrogens with zero attached hydrogens (tertiary/aromatic N) is 2. The Morgan fingerprint density at radius 1 is 1.21 bits per heavy atom. The van der Waals surface area contributed by atoms with Crippen LogP contribution in [0.2, 0.25) is 0 Å². The van der Waals surface area contributed by atoms with Gasteiger partial charge in [-0.15, -0.1) is 11.3 Å². The van der Waals surface area contributed by atoms with Crippen LogP contribution >= 0.6 is 11.3 Å². The zero-order chi connectivity index (χ0) is 20.8. The van der Waals surface area contributed by atoms with E-state index in [1.807, 2.05) is 43.5 Å². The summed E-state index contributed by atoms with van der Waals surface area (Å²) in [5, 5.41) is 5.23. The molecular weight excluding hydrogens is 386 g/mol. The number of fused-ring (bicyclic) bond motifs is 1. The SMILES string of the molecule is COc1ccccc1C(=O)Nc1nc(-c2ccc3c(c2)C(C)(C)C(=O)N3C)cs1. The van der Waals surface area contributed by atoms with Crippen molar-refractivity contribution in [2.24, 2.45) is 0 Å². The summed E-state index contributed by atoms with van der Waals surface area (Å²) in [6, 6.07) is 13.0. The van der Waals surface area contributed by atoms with Gasteiger partial charge in [-0.05, 0) is 43.7 Å². The number of hydrogen-bond acceptors (Lipinski definition) is 5. The Morgan fingerprint density at radius 2 is 1.97 bits per heavy atom. The zero-order valence-electron chi connectivity index (χ0n) is 16.6. The molecule has 1 aromatic heterocycles. The predicted molar refractivity (Wildman–Crippen MR) is 115 cm³/mol. The van der Waals surface area contributed by atoms with Gasteiger partial charge in [0, 0.05) is 23.7 Å². The number of thiazole rings is 1. The fraction of sp³-hybridized carbons (Fsp3) is 0.227. The van der Waals surface area contributed by atoms with Crippen LogP contribution in [0.15, 0.2) is 47.8 Å². The summed E-state index contributed by atoms with van der Waals surface area (Å²) in [4.78, 5) is 31.3.